The number of benzene rings is 1. The normalized spacial score (nSPS) is 10.0. The van der Waals surface area contributed by atoms with E-state index in [1.807, 2.05) is 25.1 Å². The van der Waals surface area contributed by atoms with Crippen molar-refractivity contribution in [1.82, 2.24) is 10.3 Å². The zero-order chi connectivity index (χ0) is 15.2. The summed E-state index contributed by atoms with van der Waals surface area (Å²) >= 11 is 0. The molecule has 0 fully saturated rings. The van der Waals surface area contributed by atoms with Crippen LogP contribution in [0.4, 0.5) is 5.69 Å². The second-order valence-electron chi connectivity index (χ2n) is 4.75. The molecule has 0 atom stereocenters. The first kappa shape index (κ1) is 14.7. The van der Waals surface area contributed by atoms with E-state index in [0.29, 0.717) is 17.8 Å². The minimum Gasteiger partial charge on any atom is -0.348 e. The molecule has 2 rings (SSSR count). The maximum Gasteiger partial charge on any atom is 0.253 e. The molecule has 108 valence electrons. The molecule has 1 heterocycles. The van der Waals surface area contributed by atoms with Crippen LogP contribution in [0.2, 0.25) is 0 Å². The lowest BCUT2D eigenvalue weighted by Gasteiger charge is -2.08. The van der Waals surface area contributed by atoms with Crippen LogP contribution in [0.3, 0.4) is 0 Å². The lowest BCUT2D eigenvalue weighted by Crippen LogP contribution is -2.23. The number of hydrogen-bond donors (Lipinski definition) is 2. The van der Waals surface area contributed by atoms with Crippen LogP contribution in [0.1, 0.15) is 28.5 Å². The first-order chi connectivity index (χ1) is 10.0. The van der Waals surface area contributed by atoms with Gasteiger partial charge in [-0.05, 0) is 36.8 Å². The number of aryl methyl sites for hydroxylation is 1. The van der Waals surface area contributed by atoms with E-state index in [4.69, 9.17) is 0 Å². The third kappa shape index (κ3) is 4.42. The van der Waals surface area contributed by atoms with Crippen molar-refractivity contribution in [2.24, 2.45) is 0 Å². The largest absolute Gasteiger partial charge is 0.348 e. The van der Waals surface area contributed by atoms with Crippen molar-refractivity contribution in [1.29, 1.82) is 0 Å². The van der Waals surface area contributed by atoms with Crippen molar-refractivity contribution in [2.75, 3.05) is 5.32 Å². The molecule has 2 aromatic rings. The number of anilines is 1. The Hall–Kier alpha value is -2.69. The molecule has 1 aromatic heterocycles. The van der Waals surface area contributed by atoms with Crippen LogP contribution in [-0.2, 0) is 11.3 Å². The molecule has 5 heteroatoms. The maximum atomic E-state index is 12.0. The first-order valence-electron chi connectivity index (χ1n) is 6.62. The number of rotatable bonds is 4. The molecular formula is C16H17N3O2. The van der Waals surface area contributed by atoms with Crippen molar-refractivity contribution in [3.05, 3.63) is 59.4 Å². The van der Waals surface area contributed by atoms with E-state index in [1.54, 1.807) is 24.4 Å². The number of nitrogens with one attached hydrogen (secondary N) is 2. The number of nitrogens with zero attached hydrogens (tertiary/aromatic N) is 1. The molecule has 0 bridgehead atoms. The summed E-state index contributed by atoms with van der Waals surface area (Å²) in [6, 6.07) is 10.9. The van der Waals surface area contributed by atoms with Gasteiger partial charge in [0.15, 0.2) is 0 Å². The molecule has 5 nitrogen and oxygen atoms in total. The molecule has 2 N–H and O–H groups in total. The van der Waals surface area contributed by atoms with Gasteiger partial charge in [0.05, 0.1) is 5.56 Å². The van der Waals surface area contributed by atoms with Gasteiger partial charge in [0, 0.05) is 31.0 Å². The molecule has 0 unspecified atom stereocenters. The van der Waals surface area contributed by atoms with Gasteiger partial charge in [0.1, 0.15) is 0 Å². The first-order valence-corrected chi connectivity index (χ1v) is 6.62. The molecule has 0 saturated carbocycles. The summed E-state index contributed by atoms with van der Waals surface area (Å²) in [5.74, 6) is -0.297. The van der Waals surface area contributed by atoms with E-state index < -0.39 is 0 Å². The summed E-state index contributed by atoms with van der Waals surface area (Å²) in [5.41, 5.74) is 3.02. The summed E-state index contributed by atoms with van der Waals surface area (Å²) in [7, 11) is 0. The SMILES string of the molecule is CC(=O)Nc1cccc(CNC(=O)c2ccc(C)nc2)c1. The quantitative estimate of drug-likeness (QED) is 0.904. The van der Waals surface area contributed by atoms with E-state index in [9.17, 15) is 9.59 Å². The Morgan fingerprint density at radius 3 is 2.67 bits per heavy atom. The van der Waals surface area contributed by atoms with E-state index in [0.717, 1.165) is 11.3 Å². The summed E-state index contributed by atoms with van der Waals surface area (Å²) in [4.78, 5) is 27.1. The van der Waals surface area contributed by atoms with Crippen molar-refractivity contribution in [3.63, 3.8) is 0 Å². The van der Waals surface area contributed by atoms with Crippen LogP contribution in [0.5, 0.6) is 0 Å². The van der Waals surface area contributed by atoms with E-state index in [-0.39, 0.29) is 11.8 Å². The van der Waals surface area contributed by atoms with Crippen LogP contribution < -0.4 is 10.6 Å². The molecule has 0 radical (unpaired) electrons. The lowest BCUT2D eigenvalue weighted by atomic mass is 10.2. The van der Waals surface area contributed by atoms with Crippen LogP contribution in [-0.4, -0.2) is 16.8 Å². The van der Waals surface area contributed by atoms with Gasteiger partial charge in [0.25, 0.3) is 5.91 Å². The number of carbonyl (C=O) groups excluding carboxylic acids is 2. The van der Waals surface area contributed by atoms with Gasteiger partial charge in [-0.2, -0.15) is 0 Å². The van der Waals surface area contributed by atoms with Gasteiger partial charge in [-0.1, -0.05) is 12.1 Å². The Morgan fingerprint density at radius 2 is 2.00 bits per heavy atom. The van der Waals surface area contributed by atoms with E-state index >= 15 is 0 Å². The van der Waals surface area contributed by atoms with Crippen molar-refractivity contribution in [3.8, 4) is 0 Å². The predicted molar refractivity (Wildman–Crippen MR) is 80.9 cm³/mol. The van der Waals surface area contributed by atoms with Crippen molar-refractivity contribution >= 4 is 17.5 Å². The highest BCUT2D eigenvalue weighted by Gasteiger charge is 2.05. The Balaban J connectivity index is 1.97. The second kappa shape index (κ2) is 6.65. The highest BCUT2D eigenvalue weighted by Crippen LogP contribution is 2.10. The molecule has 0 aliphatic heterocycles. The van der Waals surface area contributed by atoms with Gasteiger partial charge in [-0.15, -0.1) is 0 Å². The Kier molecular flexibility index (Phi) is 4.66. The third-order valence-corrected chi connectivity index (χ3v) is 2.87. The van der Waals surface area contributed by atoms with Crippen molar-refractivity contribution in [2.45, 2.75) is 20.4 Å². The van der Waals surface area contributed by atoms with Crippen LogP contribution in [0, 0.1) is 6.92 Å². The lowest BCUT2D eigenvalue weighted by molar-refractivity contribution is -0.114. The topological polar surface area (TPSA) is 71.1 Å². The standard InChI is InChI=1S/C16H17N3O2/c1-11-6-7-14(10-17-11)16(21)18-9-13-4-3-5-15(8-13)19-12(2)20/h3-8,10H,9H2,1-2H3,(H,18,21)(H,19,20). The molecule has 0 aliphatic rings. The number of aromatic nitrogens is 1. The molecule has 0 aliphatic carbocycles. The van der Waals surface area contributed by atoms with E-state index in [1.165, 1.54) is 6.92 Å². The predicted octanol–water partition coefficient (Wildman–Crippen LogP) is 2.28. The summed E-state index contributed by atoms with van der Waals surface area (Å²) in [6.07, 6.45) is 1.55. The van der Waals surface area contributed by atoms with Gasteiger partial charge >= 0.3 is 0 Å². The van der Waals surface area contributed by atoms with Crippen molar-refractivity contribution < 1.29 is 9.59 Å². The second-order valence-corrected chi connectivity index (χ2v) is 4.75. The number of carbonyl (C=O) groups is 2. The zero-order valence-electron chi connectivity index (χ0n) is 12.0. The molecule has 2 amide bonds. The number of pyridine rings is 1. The van der Waals surface area contributed by atoms with E-state index in [2.05, 4.69) is 15.6 Å². The Morgan fingerprint density at radius 1 is 1.19 bits per heavy atom. The highest BCUT2D eigenvalue weighted by molar-refractivity contribution is 5.93. The minimum atomic E-state index is -0.174. The van der Waals surface area contributed by atoms with Crippen LogP contribution in [0.25, 0.3) is 0 Å². The van der Waals surface area contributed by atoms with Gasteiger partial charge in [-0.25, -0.2) is 0 Å². The molecular weight excluding hydrogens is 266 g/mol. The molecule has 21 heavy (non-hydrogen) atoms. The minimum absolute atomic E-state index is 0.123. The summed E-state index contributed by atoms with van der Waals surface area (Å²) < 4.78 is 0. The van der Waals surface area contributed by atoms with Crippen LogP contribution in [0.15, 0.2) is 42.6 Å². The van der Waals surface area contributed by atoms with Gasteiger partial charge < -0.3 is 10.6 Å². The molecule has 0 saturated heterocycles. The molecule has 0 spiro atoms. The highest BCUT2D eigenvalue weighted by atomic mass is 16.2. The Labute approximate surface area is 123 Å². The van der Waals surface area contributed by atoms with Crippen LogP contribution >= 0.6 is 0 Å². The Bertz CT molecular complexity index is 651. The smallest absolute Gasteiger partial charge is 0.253 e. The van der Waals surface area contributed by atoms with Gasteiger partial charge in [-0.3, -0.25) is 14.6 Å². The number of hydrogen-bond acceptors (Lipinski definition) is 3. The third-order valence-electron chi connectivity index (χ3n) is 2.87. The fourth-order valence-electron chi connectivity index (χ4n) is 1.85. The fraction of sp³-hybridized carbons (Fsp3) is 0.188. The maximum absolute atomic E-state index is 12.0. The fourth-order valence-corrected chi connectivity index (χ4v) is 1.85. The van der Waals surface area contributed by atoms with Gasteiger partial charge in [0.2, 0.25) is 5.91 Å². The monoisotopic (exact) mass is 283 g/mol. The zero-order valence-corrected chi connectivity index (χ0v) is 12.0. The number of amides is 2. The molecule has 1 aromatic carbocycles. The summed E-state index contributed by atoms with van der Waals surface area (Å²) in [6.45, 7) is 3.72. The average Bonchev–Trinajstić information content (AvgIpc) is 2.45. The average molecular weight is 283 g/mol. The summed E-state index contributed by atoms with van der Waals surface area (Å²) in [5, 5.41) is 5.53.